The fourth-order valence-corrected chi connectivity index (χ4v) is 5.65. The van der Waals surface area contributed by atoms with Crippen LogP contribution in [0.3, 0.4) is 0 Å². The van der Waals surface area contributed by atoms with Crippen LogP contribution in [0.15, 0.2) is 113 Å². The molecule has 0 saturated carbocycles. The third-order valence-electron chi connectivity index (χ3n) is 6.59. The van der Waals surface area contributed by atoms with E-state index in [0.717, 1.165) is 29.5 Å². The Labute approximate surface area is 221 Å². The molecule has 2 N–H and O–H groups in total. The normalized spacial score (nSPS) is 15.5. The molecule has 0 saturated heterocycles. The van der Waals surface area contributed by atoms with Crippen LogP contribution in [0.1, 0.15) is 48.5 Å². The minimum atomic E-state index is -3.77. The van der Waals surface area contributed by atoms with E-state index in [4.69, 9.17) is 4.74 Å². The van der Waals surface area contributed by atoms with E-state index in [-0.39, 0.29) is 10.9 Å². The predicted octanol–water partition coefficient (Wildman–Crippen LogP) is 6.03. The van der Waals surface area contributed by atoms with Gasteiger partial charge in [-0.3, -0.25) is 0 Å². The van der Waals surface area contributed by atoms with Gasteiger partial charge in [-0.25, -0.2) is 13.1 Å². The van der Waals surface area contributed by atoms with Gasteiger partial charge in [0.1, 0.15) is 0 Å². The van der Waals surface area contributed by atoms with Gasteiger partial charge in [0.25, 0.3) is 0 Å². The lowest BCUT2D eigenvalue weighted by atomic mass is 9.94. The summed E-state index contributed by atoms with van der Waals surface area (Å²) in [5.74, 6) is 0. The zero-order valence-electron chi connectivity index (χ0n) is 21.6. The molecule has 3 aromatic carbocycles. The van der Waals surface area contributed by atoms with Gasteiger partial charge in [-0.1, -0.05) is 96.1 Å². The molecule has 5 nitrogen and oxygen atoms in total. The molecule has 6 heteroatoms. The third kappa shape index (κ3) is 7.73. The van der Waals surface area contributed by atoms with Crippen molar-refractivity contribution in [3.05, 3.63) is 125 Å². The first-order valence-corrected chi connectivity index (χ1v) is 14.2. The Morgan fingerprint density at radius 2 is 1.41 bits per heavy atom. The van der Waals surface area contributed by atoms with Crippen molar-refractivity contribution in [3.63, 3.8) is 0 Å². The predicted molar refractivity (Wildman–Crippen MR) is 150 cm³/mol. The van der Waals surface area contributed by atoms with Crippen molar-refractivity contribution in [2.75, 3.05) is 19.8 Å². The number of sulfonamides is 1. The quantitative estimate of drug-likeness (QED) is 0.228. The van der Waals surface area contributed by atoms with Gasteiger partial charge in [-0.05, 0) is 55.5 Å². The summed E-state index contributed by atoms with van der Waals surface area (Å²) in [6.07, 6.45) is 6.45. The lowest BCUT2D eigenvalue weighted by Crippen LogP contribution is -2.39. The molecule has 0 aromatic heterocycles. The lowest BCUT2D eigenvalue weighted by molar-refractivity contribution is 0.152. The molecule has 0 heterocycles. The second-order valence-electron chi connectivity index (χ2n) is 9.54. The minimum absolute atomic E-state index is 0.249. The SMILES string of the molecule is CC1=CCC(COCCN[C@H](c2ccccc2)C(NS(=O)(=O)c2ccc(C)cc2)c2ccccc2)=CC1. The molecule has 0 aliphatic heterocycles. The maximum Gasteiger partial charge on any atom is 0.241 e. The van der Waals surface area contributed by atoms with E-state index in [2.05, 4.69) is 29.1 Å². The van der Waals surface area contributed by atoms with Crippen molar-refractivity contribution in [2.24, 2.45) is 0 Å². The third-order valence-corrected chi connectivity index (χ3v) is 8.04. The van der Waals surface area contributed by atoms with Crippen LogP contribution in [-0.4, -0.2) is 28.2 Å². The Hall–Kier alpha value is -3.03. The Morgan fingerprint density at radius 1 is 0.784 bits per heavy atom. The molecule has 4 rings (SSSR count). The summed E-state index contributed by atoms with van der Waals surface area (Å²) >= 11 is 0. The highest BCUT2D eigenvalue weighted by atomic mass is 32.2. The second kappa shape index (κ2) is 13.0. The summed E-state index contributed by atoms with van der Waals surface area (Å²) in [5, 5.41) is 3.58. The summed E-state index contributed by atoms with van der Waals surface area (Å²) in [4.78, 5) is 0.249. The van der Waals surface area contributed by atoms with Crippen LogP contribution in [0, 0.1) is 6.92 Å². The van der Waals surface area contributed by atoms with Crippen molar-refractivity contribution >= 4 is 10.0 Å². The molecule has 37 heavy (non-hydrogen) atoms. The number of rotatable bonds is 12. The van der Waals surface area contributed by atoms with E-state index in [1.807, 2.05) is 79.7 Å². The molecular weight excluding hydrogens is 480 g/mol. The van der Waals surface area contributed by atoms with E-state index >= 15 is 0 Å². The number of hydrogen-bond donors (Lipinski definition) is 2. The van der Waals surface area contributed by atoms with Crippen LogP contribution in [-0.2, 0) is 14.8 Å². The molecule has 0 radical (unpaired) electrons. The number of ether oxygens (including phenoxy) is 1. The summed E-state index contributed by atoms with van der Waals surface area (Å²) in [7, 11) is -3.77. The van der Waals surface area contributed by atoms with Gasteiger partial charge in [0.2, 0.25) is 10.0 Å². The van der Waals surface area contributed by atoms with Crippen molar-refractivity contribution < 1.29 is 13.2 Å². The van der Waals surface area contributed by atoms with E-state index < -0.39 is 16.1 Å². The molecule has 2 atom stereocenters. The first-order chi connectivity index (χ1) is 17.9. The van der Waals surface area contributed by atoms with Gasteiger partial charge >= 0.3 is 0 Å². The summed E-state index contributed by atoms with van der Waals surface area (Å²) in [6.45, 7) is 5.81. The number of aryl methyl sites for hydroxylation is 1. The molecule has 3 aromatic rings. The molecule has 0 amide bonds. The molecule has 0 bridgehead atoms. The Bertz CT molecular complexity index is 1300. The van der Waals surface area contributed by atoms with Crippen LogP contribution >= 0.6 is 0 Å². The maximum absolute atomic E-state index is 13.5. The molecule has 194 valence electrons. The molecule has 0 spiro atoms. The van der Waals surface area contributed by atoms with Crippen molar-refractivity contribution in [2.45, 2.75) is 43.7 Å². The van der Waals surface area contributed by atoms with E-state index in [1.54, 1.807) is 12.1 Å². The topological polar surface area (TPSA) is 67.4 Å². The van der Waals surface area contributed by atoms with Gasteiger partial charge in [0.15, 0.2) is 0 Å². The molecule has 1 aliphatic carbocycles. The molecule has 0 fully saturated rings. The van der Waals surface area contributed by atoms with Gasteiger partial charge in [0, 0.05) is 6.54 Å². The highest BCUT2D eigenvalue weighted by Gasteiger charge is 2.29. The monoisotopic (exact) mass is 516 g/mol. The lowest BCUT2D eigenvalue weighted by Gasteiger charge is -2.30. The molecule has 1 unspecified atom stereocenters. The molecule has 1 aliphatic rings. The van der Waals surface area contributed by atoms with Crippen molar-refractivity contribution in [1.29, 1.82) is 0 Å². The number of nitrogens with one attached hydrogen (secondary N) is 2. The fourth-order valence-electron chi connectivity index (χ4n) is 4.42. The summed E-state index contributed by atoms with van der Waals surface area (Å²) in [6, 6.07) is 25.8. The van der Waals surface area contributed by atoms with Crippen LogP contribution in [0.4, 0.5) is 0 Å². The van der Waals surface area contributed by atoms with Crippen LogP contribution in [0.5, 0.6) is 0 Å². The first-order valence-electron chi connectivity index (χ1n) is 12.8. The van der Waals surface area contributed by atoms with Crippen molar-refractivity contribution in [3.8, 4) is 0 Å². The molecular formula is C31H36N2O3S. The minimum Gasteiger partial charge on any atom is -0.376 e. The highest BCUT2D eigenvalue weighted by molar-refractivity contribution is 7.89. The Morgan fingerprint density at radius 3 is 2.00 bits per heavy atom. The Kier molecular flexibility index (Phi) is 9.47. The highest BCUT2D eigenvalue weighted by Crippen LogP contribution is 2.31. The number of allylic oxidation sites excluding steroid dienone is 3. The largest absolute Gasteiger partial charge is 0.376 e. The van der Waals surface area contributed by atoms with E-state index in [9.17, 15) is 8.42 Å². The Balaban J connectivity index is 1.53. The number of hydrogen-bond acceptors (Lipinski definition) is 4. The fraction of sp³-hybridized carbons (Fsp3) is 0.290. The number of benzene rings is 3. The van der Waals surface area contributed by atoms with Crippen LogP contribution in [0.2, 0.25) is 0 Å². The van der Waals surface area contributed by atoms with Crippen molar-refractivity contribution in [1.82, 2.24) is 10.0 Å². The summed E-state index contributed by atoms with van der Waals surface area (Å²) < 4.78 is 35.9. The first kappa shape index (κ1) is 27.0. The van der Waals surface area contributed by atoms with Crippen LogP contribution in [0.25, 0.3) is 0 Å². The summed E-state index contributed by atoms with van der Waals surface area (Å²) in [5.41, 5.74) is 5.60. The standard InChI is InChI=1S/C31H36N2O3S/c1-24-13-17-26(18-14-24)23-36-22-21-32-30(27-9-5-3-6-10-27)31(28-11-7-4-8-12-28)33-37(34,35)29-19-15-25(2)16-20-29/h3-13,15-16,18-20,30-33H,14,17,21-23H2,1-2H3/t30-,31?/m1/s1. The zero-order valence-corrected chi connectivity index (χ0v) is 22.4. The van der Waals surface area contributed by atoms with E-state index in [1.165, 1.54) is 11.1 Å². The van der Waals surface area contributed by atoms with Gasteiger partial charge < -0.3 is 10.1 Å². The average molecular weight is 517 g/mol. The van der Waals surface area contributed by atoms with E-state index in [0.29, 0.717) is 19.8 Å². The van der Waals surface area contributed by atoms with Crippen LogP contribution < -0.4 is 10.0 Å². The van der Waals surface area contributed by atoms with Gasteiger partial charge in [-0.2, -0.15) is 0 Å². The maximum atomic E-state index is 13.5. The van der Waals surface area contributed by atoms with Gasteiger partial charge in [-0.15, -0.1) is 0 Å². The second-order valence-corrected chi connectivity index (χ2v) is 11.3. The zero-order chi connectivity index (χ0) is 26.1. The van der Waals surface area contributed by atoms with Gasteiger partial charge in [0.05, 0.1) is 30.2 Å². The smallest absolute Gasteiger partial charge is 0.241 e. The average Bonchev–Trinajstić information content (AvgIpc) is 2.92.